The van der Waals surface area contributed by atoms with Crippen molar-refractivity contribution in [3.8, 4) is 6.07 Å². The van der Waals surface area contributed by atoms with Crippen LogP contribution in [0, 0.1) is 17.1 Å². The molecule has 0 spiro atoms. The number of carbonyl (C=O) groups excluding carboxylic acids is 1. The quantitative estimate of drug-likeness (QED) is 0.814. The van der Waals surface area contributed by atoms with Crippen LogP contribution >= 0.6 is 27.5 Å². The van der Waals surface area contributed by atoms with Crippen LogP contribution in [0.3, 0.4) is 0 Å². The van der Waals surface area contributed by atoms with E-state index in [1.54, 1.807) is 0 Å². The summed E-state index contributed by atoms with van der Waals surface area (Å²) in [4.78, 5) is 11.4. The number of rotatable bonds is 5. The van der Waals surface area contributed by atoms with Crippen molar-refractivity contribution in [2.75, 3.05) is 18.4 Å². The first-order chi connectivity index (χ1) is 8.54. The van der Waals surface area contributed by atoms with E-state index < -0.39 is 5.82 Å². The van der Waals surface area contributed by atoms with Crippen molar-refractivity contribution in [3.05, 3.63) is 27.4 Å². The van der Waals surface area contributed by atoms with E-state index in [0.717, 1.165) is 6.07 Å². The van der Waals surface area contributed by atoms with Gasteiger partial charge in [0.05, 0.1) is 29.7 Å². The number of nitrogens with zero attached hydrogens (tertiary/aromatic N) is 1. The van der Waals surface area contributed by atoms with Gasteiger partial charge in [0.2, 0.25) is 5.91 Å². The lowest BCUT2D eigenvalue weighted by molar-refractivity contribution is -0.119. The van der Waals surface area contributed by atoms with E-state index in [4.69, 9.17) is 16.9 Å². The van der Waals surface area contributed by atoms with Gasteiger partial charge >= 0.3 is 0 Å². The standard InChI is InChI=1S/C11H10BrClFN3O/c12-8-4-7(14)5-9(13)11(8)17-6-10(18)16-3-1-2-15/h4-5,17H,1,3,6H2,(H,16,18). The lowest BCUT2D eigenvalue weighted by Gasteiger charge is -2.10. The zero-order chi connectivity index (χ0) is 13.5. The molecule has 0 atom stereocenters. The summed E-state index contributed by atoms with van der Waals surface area (Å²) in [7, 11) is 0. The second-order valence-corrected chi connectivity index (χ2v) is 4.62. The van der Waals surface area contributed by atoms with E-state index in [0.29, 0.717) is 16.7 Å². The van der Waals surface area contributed by atoms with Crippen LogP contribution in [0.15, 0.2) is 16.6 Å². The third-order valence-electron chi connectivity index (χ3n) is 1.99. The van der Waals surface area contributed by atoms with E-state index in [1.165, 1.54) is 6.07 Å². The Morgan fingerprint density at radius 3 is 2.89 bits per heavy atom. The summed E-state index contributed by atoms with van der Waals surface area (Å²) in [6.45, 7) is 0.296. The van der Waals surface area contributed by atoms with E-state index in [2.05, 4.69) is 26.6 Å². The average molecular weight is 335 g/mol. The Morgan fingerprint density at radius 2 is 2.28 bits per heavy atom. The normalized spacial score (nSPS) is 9.67. The van der Waals surface area contributed by atoms with Gasteiger partial charge in [0.1, 0.15) is 5.82 Å². The number of anilines is 1. The number of amides is 1. The first-order valence-electron chi connectivity index (χ1n) is 5.06. The molecule has 0 aromatic heterocycles. The first kappa shape index (κ1) is 14.7. The van der Waals surface area contributed by atoms with Crippen LogP contribution in [-0.2, 0) is 4.79 Å². The second-order valence-electron chi connectivity index (χ2n) is 3.36. The highest BCUT2D eigenvalue weighted by atomic mass is 79.9. The Bertz CT molecular complexity index is 467. The highest BCUT2D eigenvalue weighted by Gasteiger charge is 2.09. The largest absolute Gasteiger partial charge is 0.374 e. The SMILES string of the molecule is N#CCCNC(=O)CNc1c(Cl)cc(F)cc1Br. The van der Waals surface area contributed by atoms with Crippen LogP contribution < -0.4 is 10.6 Å². The molecule has 18 heavy (non-hydrogen) atoms. The zero-order valence-electron chi connectivity index (χ0n) is 9.27. The van der Waals surface area contributed by atoms with E-state index >= 15 is 0 Å². The predicted octanol–water partition coefficient (Wildman–Crippen LogP) is 2.68. The molecule has 0 aliphatic carbocycles. The highest BCUT2D eigenvalue weighted by molar-refractivity contribution is 9.10. The molecule has 96 valence electrons. The molecular weight excluding hydrogens is 324 g/mol. The van der Waals surface area contributed by atoms with Gasteiger partial charge in [0, 0.05) is 11.0 Å². The molecule has 0 aliphatic rings. The van der Waals surface area contributed by atoms with Crippen molar-refractivity contribution in [3.63, 3.8) is 0 Å². The molecule has 0 unspecified atom stereocenters. The monoisotopic (exact) mass is 333 g/mol. The molecular formula is C11H10BrClFN3O. The molecule has 1 aromatic rings. The molecule has 0 heterocycles. The van der Waals surface area contributed by atoms with Gasteiger partial charge in [-0.25, -0.2) is 4.39 Å². The number of hydrogen-bond donors (Lipinski definition) is 2. The van der Waals surface area contributed by atoms with Crippen molar-refractivity contribution in [2.45, 2.75) is 6.42 Å². The van der Waals surface area contributed by atoms with Gasteiger partial charge in [0.25, 0.3) is 0 Å². The van der Waals surface area contributed by atoms with Crippen molar-refractivity contribution in [1.29, 1.82) is 5.26 Å². The van der Waals surface area contributed by atoms with Gasteiger partial charge in [-0.15, -0.1) is 0 Å². The molecule has 1 aromatic carbocycles. The zero-order valence-corrected chi connectivity index (χ0v) is 11.6. The highest BCUT2D eigenvalue weighted by Crippen LogP contribution is 2.31. The van der Waals surface area contributed by atoms with Gasteiger partial charge in [-0.1, -0.05) is 11.6 Å². The molecule has 7 heteroatoms. The van der Waals surface area contributed by atoms with Gasteiger partial charge in [0.15, 0.2) is 0 Å². The molecule has 4 nitrogen and oxygen atoms in total. The topological polar surface area (TPSA) is 64.9 Å². The third kappa shape index (κ3) is 4.51. The molecule has 0 bridgehead atoms. The fraction of sp³-hybridized carbons (Fsp3) is 0.273. The average Bonchev–Trinajstić information content (AvgIpc) is 2.27. The molecule has 0 radical (unpaired) electrons. The van der Waals surface area contributed by atoms with Gasteiger partial charge in [-0.3, -0.25) is 4.79 Å². The molecule has 1 amide bonds. The summed E-state index contributed by atoms with van der Waals surface area (Å²) in [6, 6.07) is 4.32. The molecule has 1 rings (SSSR count). The summed E-state index contributed by atoms with van der Waals surface area (Å²) >= 11 is 8.99. The Balaban J connectivity index is 2.54. The summed E-state index contributed by atoms with van der Waals surface area (Å²) in [5, 5.41) is 13.8. The van der Waals surface area contributed by atoms with Crippen LogP contribution in [0.4, 0.5) is 10.1 Å². The van der Waals surface area contributed by atoms with Crippen molar-refractivity contribution in [1.82, 2.24) is 5.32 Å². The lowest BCUT2D eigenvalue weighted by atomic mass is 10.3. The minimum atomic E-state index is -0.462. The summed E-state index contributed by atoms with van der Waals surface area (Å²) in [5.74, 6) is -0.728. The number of benzene rings is 1. The fourth-order valence-electron chi connectivity index (χ4n) is 1.20. The van der Waals surface area contributed by atoms with Crippen LogP contribution in [0.25, 0.3) is 0 Å². The van der Waals surface area contributed by atoms with Gasteiger partial charge < -0.3 is 10.6 Å². The number of halogens is 3. The smallest absolute Gasteiger partial charge is 0.239 e. The minimum absolute atomic E-state index is 0.00458. The number of carbonyl (C=O) groups is 1. The van der Waals surface area contributed by atoms with E-state index in [9.17, 15) is 9.18 Å². The van der Waals surface area contributed by atoms with Crippen molar-refractivity contribution < 1.29 is 9.18 Å². The number of nitrogens with one attached hydrogen (secondary N) is 2. The van der Waals surface area contributed by atoms with Crippen LogP contribution in [0.2, 0.25) is 5.02 Å². The van der Waals surface area contributed by atoms with Crippen LogP contribution in [0.1, 0.15) is 6.42 Å². The second kappa shape index (κ2) is 7.19. The minimum Gasteiger partial charge on any atom is -0.374 e. The number of nitriles is 1. The maximum Gasteiger partial charge on any atom is 0.239 e. The van der Waals surface area contributed by atoms with Gasteiger partial charge in [-0.05, 0) is 28.1 Å². The van der Waals surface area contributed by atoms with Crippen LogP contribution in [-0.4, -0.2) is 19.0 Å². The Hall–Kier alpha value is -1.32. The van der Waals surface area contributed by atoms with E-state index in [1.807, 2.05) is 6.07 Å². The number of hydrogen-bond acceptors (Lipinski definition) is 3. The summed E-state index contributed by atoms with van der Waals surface area (Å²) in [6.07, 6.45) is 0.257. The summed E-state index contributed by atoms with van der Waals surface area (Å²) < 4.78 is 13.4. The Kier molecular flexibility index (Phi) is 5.89. The molecule has 2 N–H and O–H groups in total. The third-order valence-corrected chi connectivity index (χ3v) is 2.92. The predicted molar refractivity (Wildman–Crippen MR) is 70.8 cm³/mol. The molecule has 0 fully saturated rings. The van der Waals surface area contributed by atoms with Gasteiger partial charge in [-0.2, -0.15) is 5.26 Å². The van der Waals surface area contributed by atoms with Crippen molar-refractivity contribution >= 4 is 39.1 Å². The maximum atomic E-state index is 13.0. The van der Waals surface area contributed by atoms with E-state index in [-0.39, 0.29) is 23.9 Å². The first-order valence-corrected chi connectivity index (χ1v) is 6.23. The summed E-state index contributed by atoms with van der Waals surface area (Å²) in [5.41, 5.74) is 0.452. The Labute approximate surface area is 117 Å². The molecule has 0 saturated heterocycles. The lowest BCUT2D eigenvalue weighted by Crippen LogP contribution is -2.30. The molecule has 0 aliphatic heterocycles. The van der Waals surface area contributed by atoms with Crippen molar-refractivity contribution in [2.24, 2.45) is 0 Å². The van der Waals surface area contributed by atoms with Crippen LogP contribution in [0.5, 0.6) is 0 Å². The Morgan fingerprint density at radius 1 is 1.56 bits per heavy atom. The fourth-order valence-corrected chi connectivity index (χ4v) is 2.16. The maximum absolute atomic E-state index is 13.0. The molecule has 0 saturated carbocycles.